The Kier molecular flexibility index (Phi) is 8.57. The van der Waals surface area contributed by atoms with Crippen LogP contribution >= 0.6 is 11.8 Å². The summed E-state index contributed by atoms with van der Waals surface area (Å²) in [6.07, 6.45) is 7.03. The smallest absolute Gasteiger partial charge is 0.185 e. The Bertz CT molecular complexity index is 346. The van der Waals surface area contributed by atoms with Crippen LogP contribution in [0.2, 0.25) is 0 Å². The number of Topliss-reactive ketones (excluding diaryl/α,β-unsaturated/α-hetero) is 1. The molecular formula is C17H31NO2S. The van der Waals surface area contributed by atoms with E-state index in [0.29, 0.717) is 17.7 Å². The van der Waals surface area contributed by atoms with Gasteiger partial charge in [0.05, 0.1) is 6.04 Å². The van der Waals surface area contributed by atoms with Gasteiger partial charge < -0.3 is 0 Å². The van der Waals surface area contributed by atoms with E-state index in [9.17, 15) is 9.59 Å². The van der Waals surface area contributed by atoms with E-state index < -0.39 is 0 Å². The fraction of sp³-hybridized carbons (Fsp3) is 0.882. The maximum absolute atomic E-state index is 11.9. The van der Waals surface area contributed by atoms with Gasteiger partial charge in [0, 0.05) is 18.7 Å². The van der Waals surface area contributed by atoms with Crippen molar-refractivity contribution in [3.05, 3.63) is 0 Å². The molecule has 3 nitrogen and oxygen atoms in total. The van der Waals surface area contributed by atoms with E-state index in [-0.39, 0.29) is 11.2 Å². The van der Waals surface area contributed by atoms with Crippen molar-refractivity contribution in [1.82, 2.24) is 4.90 Å². The van der Waals surface area contributed by atoms with Gasteiger partial charge in [-0.1, -0.05) is 31.5 Å². The first-order valence-corrected chi connectivity index (χ1v) is 9.31. The summed E-state index contributed by atoms with van der Waals surface area (Å²) in [4.78, 5) is 25.2. The van der Waals surface area contributed by atoms with Gasteiger partial charge in [-0.3, -0.25) is 14.5 Å². The second-order valence-corrected chi connectivity index (χ2v) is 7.72. The fourth-order valence-electron chi connectivity index (χ4n) is 3.39. The van der Waals surface area contributed by atoms with Gasteiger partial charge in [-0.25, -0.2) is 0 Å². The molecule has 0 N–H and O–H groups in total. The molecule has 4 heteroatoms. The van der Waals surface area contributed by atoms with E-state index in [1.54, 1.807) is 13.8 Å². The third-order valence-corrected chi connectivity index (χ3v) is 5.43. The Hall–Kier alpha value is -0.350. The normalized spacial score (nSPS) is 26.8. The van der Waals surface area contributed by atoms with E-state index in [1.165, 1.54) is 37.4 Å². The predicted molar refractivity (Wildman–Crippen MR) is 90.6 cm³/mol. The lowest BCUT2D eigenvalue weighted by atomic mass is 9.85. The van der Waals surface area contributed by atoms with Crippen molar-refractivity contribution in [3.8, 4) is 0 Å². The summed E-state index contributed by atoms with van der Waals surface area (Å²) in [6, 6.07) is 0.658. The van der Waals surface area contributed by atoms with Gasteiger partial charge in [-0.05, 0) is 52.0 Å². The van der Waals surface area contributed by atoms with Crippen molar-refractivity contribution in [3.63, 3.8) is 0 Å². The summed E-state index contributed by atoms with van der Waals surface area (Å²) in [7, 11) is 0. The average Bonchev–Trinajstić information content (AvgIpc) is 2.40. The molecule has 1 heterocycles. The lowest BCUT2D eigenvalue weighted by Gasteiger charge is -2.43. The van der Waals surface area contributed by atoms with E-state index in [2.05, 4.69) is 18.7 Å². The average molecular weight is 314 g/mol. The first-order valence-electron chi connectivity index (χ1n) is 8.33. The van der Waals surface area contributed by atoms with Crippen molar-refractivity contribution in [2.24, 2.45) is 5.92 Å². The third-order valence-electron chi connectivity index (χ3n) is 4.53. The summed E-state index contributed by atoms with van der Waals surface area (Å²) in [6.45, 7) is 8.88. The quantitative estimate of drug-likeness (QED) is 0.637. The van der Waals surface area contributed by atoms with Crippen LogP contribution < -0.4 is 0 Å². The third kappa shape index (κ3) is 6.52. The van der Waals surface area contributed by atoms with Crippen LogP contribution in [0.4, 0.5) is 0 Å². The van der Waals surface area contributed by atoms with Crippen molar-refractivity contribution < 1.29 is 9.59 Å². The molecule has 0 radical (unpaired) electrons. The fourth-order valence-corrected chi connectivity index (χ4v) is 4.02. The van der Waals surface area contributed by atoms with E-state index in [1.807, 2.05) is 0 Å². The molecule has 1 rings (SSSR count). The van der Waals surface area contributed by atoms with Crippen LogP contribution in [-0.4, -0.2) is 40.2 Å². The second-order valence-electron chi connectivity index (χ2n) is 6.45. The number of piperidine rings is 1. The highest BCUT2D eigenvalue weighted by molar-refractivity contribution is 8.13. The highest BCUT2D eigenvalue weighted by Gasteiger charge is 2.35. The Morgan fingerprint density at radius 3 is 2.33 bits per heavy atom. The highest BCUT2D eigenvalue weighted by atomic mass is 32.2. The van der Waals surface area contributed by atoms with Crippen LogP contribution in [0, 0.1) is 5.92 Å². The van der Waals surface area contributed by atoms with E-state index >= 15 is 0 Å². The summed E-state index contributed by atoms with van der Waals surface area (Å²) in [5.41, 5.74) is 0. The standard InChI is InChI=1S/C17H31NO2S/c1-13-9-10-14(2)18(17(13)15(3)19)11-7-5-6-8-12-21-16(4)20/h13-14,17H,5-12H2,1-4H3/t13-,14-,17+/m1/s1. The van der Waals surface area contributed by atoms with Crippen molar-refractivity contribution in [2.45, 2.75) is 78.3 Å². The summed E-state index contributed by atoms with van der Waals surface area (Å²) < 4.78 is 0. The molecule has 0 aliphatic carbocycles. The van der Waals surface area contributed by atoms with Gasteiger partial charge in [0.15, 0.2) is 5.12 Å². The number of carbonyl (C=O) groups is 2. The molecule has 0 amide bonds. The Morgan fingerprint density at radius 2 is 1.71 bits per heavy atom. The molecule has 1 fully saturated rings. The maximum Gasteiger partial charge on any atom is 0.185 e. The zero-order valence-corrected chi connectivity index (χ0v) is 14.9. The maximum atomic E-state index is 11.9. The molecule has 0 unspecified atom stereocenters. The minimum Gasteiger partial charge on any atom is -0.298 e. The second kappa shape index (κ2) is 9.62. The molecule has 1 aliphatic heterocycles. The largest absolute Gasteiger partial charge is 0.298 e. The molecule has 1 saturated heterocycles. The molecule has 0 aromatic carbocycles. The minimum absolute atomic E-state index is 0.127. The van der Waals surface area contributed by atoms with Crippen LogP contribution in [0.1, 0.15) is 66.2 Å². The number of hydrogen-bond acceptors (Lipinski definition) is 4. The van der Waals surface area contributed by atoms with E-state index in [4.69, 9.17) is 0 Å². The van der Waals surface area contributed by atoms with Crippen LogP contribution in [0.5, 0.6) is 0 Å². The zero-order valence-electron chi connectivity index (χ0n) is 14.1. The zero-order chi connectivity index (χ0) is 15.8. The minimum atomic E-state index is 0.127. The van der Waals surface area contributed by atoms with Gasteiger partial charge in [-0.2, -0.15) is 0 Å². The molecule has 122 valence electrons. The molecule has 3 atom stereocenters. The number of thioether (sulfide) groups is 1. The lowest BCUT2D eigenvalue weighted by Crippen LogP contribution is -2.52. The van der Waals surface area contributed by atoms with Crippen molar-refractivity contribution in [2.75, 3.05) is 12.3 Å². The number of nitrogens with zero attached hydrogens (tertiary/aromatic N) is 1. The molecule has 21 heavy (non-hydrogen) atoms. The topological polar surface area (TPSA) is 37.4 Å². The molecule has 0 aromatic heterocycles. The number of rotatable bonds is 8. The predicted octanol–water partition coefficient (Wildman–Crippen LogP) is 3.90. The Morgan fingerprint density at radius 1 is 1.05 bits per heavy atom. The Labute approximate surface area is 134 Å². The van der Waals surface area contributed by atoms with Crippen molar-refractivity contribution in [1.29, 1.82) is 0 Å². The van der Waals surface area contributed by atoms with Crippen LogP contribution in [0.3, 0.4) is 0 Å². The number of unbranched alkanes of at least 4 members (excludes halogenated alkanes) is 3. The molecule has 1 aliphatic rings. The van der Waals surface area contributed by atoms with Gasteiger partial charge >= 0.3 is 0 Å². The van der Waals surface area contributed by atoms with Crippen LogP contribution in [0.25, 0.3) is 0 Å². The van der Waals surface area contributed by atoms with Gasteiger partial charge in [0.2, 0.25) is 0 Å². The van der Waals surface area contributed by atoms with Crippen LogP contribution in [-0.2, 0) is 9.59 Å². The summed E-state index contributed by atoms with van der Waals surface area (Å²) >= 11 is 1.43. The molecule has 0 aromatic rings. The number of carbonyl (C=O) groups excluding carboxylic acids is 2. The molecule has 0 bridgehead atoms. The Balaban J connectivity index is 2.27. The van der Waals surface area contributed by atoms with Gasteiger partial charge in [0.1, 0.15) is 5.78 Å². The van der Waals surface area contributed by atoms with E-state index in [0.717, 1.165) is 25.1 Å². The SMILES string of the molecule is CC(=O)SCCCCCCN1[C@H](C)CC[C@@H](C)[C@H]1C(C)=O. The summed E-state index contributed by atoms with van der Waals surface area (Å²) in [5.74, 6) is 1.76. The molecule has 0 saturated carbocycles. The summed E-state index contributed by atoms with van der Waals surface area (Å²) in [5, 5.41) is 0.218. The molecular weight excluding hydrogens is 282 g/mol. The van der Waals surface area contributed by atoms with Gasteiger partial charge in [-0.15, -0.1) is 0 Å². The first-order chi connectivity index (χ1) is 9.93. The molecule has 0 spiro atoms. The van der Waals surface area contributed by atoms with Gasteiger partial charge in [0.25, 0.3) is 0 Å². The van der Waals surface area contributed by atoms with Crippen LogP contribution in [0.15, 0.2) is 0 Å². The monoisotopic (exact) mass is 313 g/mol. The highest BCUT2D eigenvalue weighted by Crippen LogP contribution is 2.28. The number of likely N-dealkylation sites (tertiary alicyclic amines) is 1. The lowest BCUT2D eigenvalue weighted by molar-refractivity contribution is -0.126. The first kappa shape index (κ1) is 18.7. The number of ketones is 1. The number of hydrogen-bond donors (Lipinski definition) is 0. The van der Waals surface area contributed by atoms with Crippen molar-refractivity contribution >= 4 is 22.7 Å².